The normalized spacial score (nSPS) is 12.8. The minimum atomic E-state index is 0.217. The van der Waals surface area contributed by atoms with Crippen LogP contribution in [0.4, 0.5) is 0 Å². The lowest BCUT2D eigenvalue weighted by Gasteiger charge is -2.18. The molecule has 1 nitrogen and oxygen atoms in total. The molecule has 2 aromatic carbocycles. The Bertz CT molecular complexity index is 742. The van der Waals surface area contributed by atoms with Gasteiger partial charge in [-0.3, -0.25) is 0 Å². The number of fused-ring (bicyclic) bond motifs is 1. The largest absolute Gasteiger partial charge is 0.309 e. The fraction of sp³-hybridized carbons (Fsp3) is 0.176. The molecule has 3 rings (SSSR count). The first-order chi connectivity index (χ1) is 9.70. The van der Waals surface area contributed by atoms with Crippen molar-refractivity contribution in [2.45, 2.75) is 13.0 Å². The summed E-state index contributed by atoms with van der Waals surface area (Å²) in [5.41, 5.74) is 1.33. The van der Waals surface area contributed by atoms with Gasteiger partial charge in [0.1, 0.15) is 0 Å². The molecule has 0 fully saturated rings. The van der Waals surface area contributed by atoms with Crippen molar-refractivity contribution < 1.29 is 0 Å². The molecule has 0 bridgehead atoms. The Kier molecular flexibility index (Phi) is 3.92. The van der Waals surface area contributed by atoms with Gasteiger partial charge in [0.05, 0.1) is 6.04 Å². The first-order valence-electron chi connectivity index (χ1n) is 6.61. The summed E-state index contributed by atoms with van der Waals surface area (Å²) in [5.74, 6) is 0. The first-order valence-corrected chi connectivity index (χ1v) is 8.22. The van der Waals surface area contributed by atoms with Crippen LogP contribution >= 0.6 is 27.3 Å². The maximum absolute atomic E-state index is 3.69. The monoisotopic (exact) mass is 345 g/mol. The molecular formula is C17H16BrNS. The van der Waals surface area contributed by atoms with Gasteiger partial charge in [-0.05, 0) is 52.3 Å². The molecule has 0 radical (unpaired) electrons. The molecule has 20 heavy (non-hydrogen) atoms. The van der Waals surface area contributed by atoms with Crippen LogP contribution in [0.15, 0.2) is 53.0 Å². The fourth-order valence-corrected chi connectivity index (χ4v) is 4.64. The van der Waals surface area contributed by atoms with Crippen LogP contribution < -0.4 is 5.32 Å². The second-order valence-electron chi connectivity index (χ2n) is 4.86. The third-order valence-corrected chi connectivity index (χ3v) is 5.56. The molecule has 0 saturated carbocycles. The van der Waals surface area contributed by atoms with Gasteiger partial charge >= 0.3 is 0 Å². The Labute approximate surface area is 131 Å². The van der Waals surface area contributed by atoms with E-state index >= 15 is 0 Å². The van der Waals surface area contributed by atoms with E-state index in [2.05, 4.69) is 76.7 Å². The Morgan fingerprint density at radius 2 is 1.85 bits per heavy atom. The van der Waals surface area contributed by atoms with Crippen LogP contribution in [0, 0.1) is 6.92 Å². The Hall–Kier alpha value is -1.16. The summed E-state index contributed by atoms with van der Waals surface area (Å²) >= 11 is 5.53. The number of benzene rings is 2. The van der Waals surface area contributed by atoms with Gasteiger partial charge in [0.25, 0.3) is 0 Å². The van der Waals surface area contributed by atoms with Gasteiger partial charge < -0.3 is 5.32 Å². The zero-order valence-electron chi connectivity index (χ0n) is 11.5. The highest BCUT2D eigenvalue weighted by Crippen LogP contribution is 2.37. The average molecular weight is 346 g/mol. The van der Waals surface area contributed by atoms with Crippen molar-refractivity contribution in [1.82, 2.24) is 5.32 Å². The predicted molar refractivity (Wildman–Crippen MR) is 91.6 cm³/mol. The molecule has 1 heterocycles. The van der Waals surface area contributed by atoms with Crippen LogP contribution in [0.25, 0.3) is 10.8 Å². The molecule has 3 heteroatoms. The van der Waals surface area contributed by atoms with E-state index in [0.717, 1.165) is 0 Å². The summed E-state index contributed by atoms with van der Waals surface area (Å²) in [6, 6.07) is 17.5. The average Bonchev–Trinajstić information content (AvgIpc) is 2.79. The van der Waals surface area contributed by atoms with Gasteiger partial charge in [-0.1, -0.05) is 42.5 Å². The highest BCUT2D eigenvalue weighted by atomic mass is 79.9. The quantitative estimate of drug-likeness (QED) is 0.680. The third kappa shape index (κ3) is 2.41. The van der Waals surface area contributed by atoms with Crippen LogP contribution in [-0.4, -0.2) is 7.05 Å². The van der Waals surface area contributed by atoms with Gasteiger partial charge in [-0.25, -0.2) is 0 Å². The molecular weight excluding hydrogens is 330 g/mol. The van der Waals surface area contributed by atoms with E-state index < -0.39 is 0 Å². The lowest BCUT2D eigenvalue weighted by atomic mass is 9.98. The summed E-state index contributed by atoms with van der Waals surface area (Å²) in [6.07, 6.45) is 0. The minimum Gasteiger partial charge on any atom is -0.309 e. The van der Waals surface area contributed by atoms with Crippen molar-refractivity contribution in [3.05, 3.63) is 68.3 Å². The van der Waals surface area contributed by atoms with Gasteiger partial charge in [0.15, 0.2) is 0 Å². The summed E-state index contributed by atoms with van der Waals surface area (Å²) < 4.78 is 1.19. The Morgan fingerprint density at radius 1 is 1.10 bits per heavy atom. The van der Waals surface area contributed by atoms with Crippen molar-refractivity contribution >= 4 is 38.0 Å². The highest BCUT2D eigenvalue weighted by molar-refractivity contribution is 9.10. The topological polar surface area (TPSA) is 12.0 Å². The molecule has 0 spiro atoms. The van der Waals surface area contributed by atoms with E-state index in [1.165, 1.54) is 30.6 Å². The van der Waals surface area contributed by atoms with Gasteiger partial charge in [-0.2, -0.15) is 0 Å². The number of hydrogen-bond acceptors (Lipinski definition) is 2. The molecule has 0 amide bonds. The SMILES string of the molecule is CNC(c1sc(C)cc1Br)c1cccc2ccccc12. The number of rotatable bonds is 3. The highest BCUT2D eigenvalue weighted by Gasteiger charge is 2.19. The second kappa shape index (κ2) is 5.68. The Morgan fingerprint density at radius 3 is 2.55 bits per heavy atom. The molecule has 1 aromatic heterocycles. The molecule has 1 N–H and O–H groups in total. The van der Waals surface area contributed by atoms with Crippen LogP contribution in [-0.2, 0) is 0 Å². The van der Waals surface area contributed by atoms with Gasteiger partial charge in [-0.15, -0.1) is 11.3 Å². The van der Waals surface area contributed by atoms with Crippen molar-refractivity contribution in [3.8, 4) is 0 Å². The number of aryl methyl sites for hydroxylation is 1. The summed E-state index contributed by atoms with van der Waals surface area (Å²) in [7, 11) is 2.02. The minimum absolute atomic E-state index is 0.217. The van der Waals surface area contributed by atoms with Gasteiger partial charge in [0, 0.05) is 14.2 Å². The number of nitrogens with one attached hydrogen (secondary N) is 1. The maximum atomic E-state index is 3.69. The fourth-order valence-electron chi connectivity index (χ4n) is 2.63. The van der Waals surface area contributed by atoms with E-state index in [-0.39, 0.29) is 6.04 Å². The molecule has 0 aliphatic rings. The first kappa shape index (κ1) is 13.8. The van der Waals surface area contributed by atoms with Crippen LogP contribution in [0.5, 0.6) is 0 Å². The molecule has 0 aliphatic carbocycles. The van der Waals surface area contributed by atoms with E-state index in [4.69, 9.17) is 0 Å². The number of hydrogen-bond donors (Lipinski definition) is 1. The molecule has 3 aromatic rings. The number of thiophene rings is 1. The van der Waals surface area contributed by atoms with E-state index in [1.54, 1.807) is 0 Å². The molecule has 102 valence electrons. The van der Waals surface area contributed by atoms with E-state index in [9.17, 15) is 0 Å². The lowest BCUT2D eigenvalue weighted by Crippen LogP contribution is -2.17. The van der Waals surface area contributed by atoms with Crippen LogP contribution in [0.1, 0.15) is 21.4 Å². The Balaban J connectivity index is 2.19. The smallest absolute Gasteiger partial charge is 0.0686 e. The summed E-state index contributed by atoms with van der Waals surface area (Å²) in [6.45, 7) is 2.15. The summed E-state index contributed by atoms with van der Waals surface area (Å²) in [4.78, 5) is 2.66. The zero-order valence-corrected chi connectivity index (χ0v) is 13.9. The van der Waals surface area contributed by atoms with Crippen molar-refractivity contribution in [2.75, 3.05) is 7.05 Å². The van der Waals surface area contributed by atoms with Gasteiger partial charge in [0.2, 0.25) is 0 Å². The van der Waals surface area contributed by atoms with Crippen LogP contribution in [0.3, 0.4) is 0 Å². The van der Waals surface area contributed by atoms with Crippen molar-refractivity contribution in [3.63, 3.8) is 0 Å². The zero-order chi connectivity index (χ0) is 14.1. The standard InChI is InChI=1S/C17H16BrNS/c1-11-10-15(18)17(20-11)16(19-2)14-9-5-7-12-6-3-4-8-13(12)14/h3-10,16,19H,1-2H3. The summed E-state index contributed by atoms with van der Waals surface area (Å²) in [5, 5.41) is 6.06. The second-order valence-corrected chi connectivity index (χ2v) is 7.00. The van der Waals surface area contributed by atoms with Crippen molar-refractivity contribution in [2.24, 2.45) is 0 Å². The van der Waals surface area contributed by atoms with E-state index in [0.29, 0.717) is 0 Å². The lowest BCUT2D eigenvalue weighted by molar-refractivity contribution is 0.706. The third-order valence-electron chi connectivity index (χ3n) is 3.52. The molecule has 0 aliphatic heterocycles. The number of halogens is 1. The van der Waals surface area contributed by atoms with E-state index in [1.807, 2.05) is 18.4 Å². The molecule has 1 atom stereocenters. The molecule has 0 saturated heterocycles. The van der Waals surface area contributed by atoms with Crippen LogP contribution in [0.2, 0.25) is 0 Å². The van der Waals surface area contributed by atoms with Crippen molar-refractivity contribution in [1.29, 1.82) is 0 Å². The molecule has 1 unspecified atom stereocenters. The predicted octanol–water partition coefficient (Wildman–Crippen LogP) is 5.28. The maximum Gasteiger partial charge on any atom is 0.0686 e.